The number of aromatic nitrogens is 1. The average molecular weight is 504 g/mol. The standard InChI is InChI=1S/C32H45N3O2/c1-30(34-37-29(36)22-12-18-35(4)19-13-22)15-16-31(2)24(20-30)7-8-25-27-10-9-26(23-6-5-17-33-21-23)32(27,3)14-11-28(25)31/h5-6,9,17,20-22,25,27-28,34H,7-8,10-16,18-19H2,1-4H3/t25-,27+,28+,30?,31+,32-/m1/s1. The number of fused-ring (bicyclic) bond motifs is 5. The van der Waals surface area contributed by atoms with Crippen molar-refractivity contribution in [2.45, 2.75) is 84.1 Å². The molecular weight excluding hydrogens is 458 g/mol. The minimum Gasteiger partial charge on any atom is -0.370 e. The molecule has 0 bridgehead atoms. The van der Waals surface area contributed by atoms with E-state index in [1.165, 1.54) is 44.1 Å². The van der Waals surface area contributed by atoms with Gasteiger partial charge in [-0.1, -0.05) is 37.6 Å². The number of rotatable bonds is 4. The largest absolute Gasteiger partial charge is 0.370 e. The van der Waals surface area contributed by atoms with E-state index >= 15 is 0 Å². The summed E-state index contributed by atoms with van der Waals surface area (Å²) in [6.45, 7) is 9.25. The number of carbonyl (C=O) groups excluding carboxylic acids is 1. The maximum Gasteiger partial charge on any atom is 0.327 e. The Balaban J connectivity index is 1.15. The number of nitrogens with one attached hydrogen (secondary N) is 1. The SMILES string of the molecule is CN1CCC(C(=O)ONC2(C)C=C3CC[C@H]4[C@H](CC[C@]5(C)C(c6cccnc6)=CC[C@@H]45)[C@@]3(C)CC2)CC1. The Hall–Kier alpha value is -1.98. The molecule has 3 fully saturated rings. The van der Waals surface area contributed by atoms with Crippen LogP contribution in [0.25, 0.3) is 5.57 Å². The van der Waals surface area contributed by atoms with Gasteiger partial charge in [-0.25, -0.2) is 0 Å². The highest BCUT2D eigenvalue weighted by Crippen LogP contribution is 2.67. The molecule has 1 N–H and O–H groups in total. The number of allylic oxidation sites excluding steroid dienone is 3. The van der Waals surface area contributed by atoms with Crippen LogP contribution in [0.1, 0.15) is 84.1 Å². The molecule has 2 heterocycles. The smallest absolute Gasteiger partial charge is 0.327 e. The number of carbonyl (C=O) groups is 1. The first-order chi connectivity index (χ1) is 17.7. The van der Waals surface area contributed by atoms with Gasteiger partial charge < -0.3 is 9.74 Å². The zero-order valence-corrected chi connectivity index (χ0v) is 23.3. The Bertz CT molecular complexity index is 1090. The first kappa shape index (κ1) is 25.3. The Morgan fingerprint density at radius 1 is 1.05 bits per heavy atom. The third-order valence-electron chi connectivity index (χ3n) is 11.4. The van der Waals surface area contributed by atoms with E-state index in [-0.39, 0.29) is 28.3 Å². The molecule has 1 saturated heterocycles. The monoisotopic (exact) mass is 503 g/mol. The number of hydroxylamine groups is 1. The minimum absolute atomic E-state index is 0.0253. The molecule has 37 heavy (non-hydrogen) atoms. The quantitative estimate of drug-likeness (QED) is 0.392. The molecule has 5 nitrogen and oxygen atoms in total. The molecule has 4 aliphatic carbocycles. The molecule has 2 saturated carbocycles. The van der Waals surface area contributed by atoms with E-state index in [0.29, 0.717) is 0 Å². The van der Waals surface area contributed by atoms with E-state index in [1.807, 2.05) is 6.20 Å². The van der Waals surface area contributed by atoms with Gasteiger partial charge in [0, 0.05) is 12.4 Å². The molecule has 1 aromatic rings. The van der Waals surface area contributed by atoms with Gasteiger partial charge in [0.25, 0.3) is 0 Å². The molecule has 5 aliphatic rings. The highest BCUT2D eigenvalue weighted by atomic mass is 16.7. The highest BCUT2D eigenvalue weighted by molar-refractivity contribution is 5.73. The summed E-state index contributed by atoms with van der Waals surface area (Å²) in [7, 11) is 2.12. The summed E-state index contributed by atoms with van der Waals surface area (Å²) in [6, 6.07) is 4.32. The van der Waals surface area contributed by atoms with Gasteiger partial charge in [-0.05, 0) is 131 Å². The van der Waals surface area contributed by atoms with Crippen LogP contribution >= 0.6 is 0 Å². The van der Waals surface area contributed by atoms with E-state index in [9.17, 15) is 4.79 Å². The zero-order valence-electron chi connectivity index (χ0n) is 23.3. The van der Waals surface area contributed by atoms with Crippen LogP contribution in [0.4, 0.5) is 0 Å². The van der Waals surface area contributed by atoms with Gasteiger partial charge in [-0.3, -0.25) is 9.78 Å². The lowest BCUT2D eigenvalue weighted by Gasteiger charge is -2.59. The molecule has 5 heteroatoms. The van der Waals surface area contributed by atoms with Gasteiger partial charge in [0.05, 0.1) is 11.5 Å². The Kier molecular flexibility index (Phi) is 6.39. The summed E-state index contributed by atoms with van der Waals surface area (Å²) in [6.07, 6.45) is 19.2. The van der Waals surface area contributed by atoms with Crippen molar-refractivity contribution in [3.63, 3.8) is 0 Å². The van der Waals surface area contributed by atoms with Crippen molar-refractivity contribution in [2.75, 3.05) is 20.1 Å². The molecule has 200 valence electrons. The Morgan fingerprint density at radius 2 is 1.86 bits per heavy atom. The van der Waals surface area contributed by atoms with Gasteiger partial charge in [-0.15, -0.1) is 5.48 Å². The van der Waals surface area contributed by atoms with Crippen LogP contribution < -0.4 is 5.48 Å². The number of likely N-dealkylation sites (tertiary alicyclic amines) is 1. The molecule has 0 amide bonds. The van der Waals surface area contributed by atoms with Gasteiger partial charge >= 0.3 is 5.97 Å². The van der Waals surface area contributed by atoms with Crippen molar-refractivity contribution in [3.8, 4) is 0 Å². The summed E-state index contributed by atoms with van der Waals surface area (Å²) < 4.78 is 0. The lowest BCUT2D eigenvalue weighted by atomic mass is 9.46. The van der Waals surface area contributed by atoms with Gasteiger partial charge in [-0.2, -0.15) is 0 Å². The second kappa shape index (κ2) is 9.34. The van der Waals surface area contributed by atoms with Gasteiger partial charge in [0.1, 0.15) is 0 Å². The van der Waals surface area contributed by atoms with E-state index in [2.05, 4.69) is 73.7 Å². The van der Waals surface area contributed by atoms with Gasteiger partial charge in [0.2, 0.25) is 0 Å². The summed E-state index contributed by atoms with van der Waals surface area (Å²) >= 11 is 0. The molecule has 0 spiro atoms. The number of hydrogen-bond acceptors (Lipinski definition) is 5. The van der Waals surface area contributed by atoms with E-state index in [4.69, 9.17) is 4.84 Å². The maximum absolute atomic E-state index is 12.8. The predicted molar refractivity (Wildman–Crippen MR) is 147 cm³/mol. The highest BCUT2D eigenvalue weighted by Gasteiger charge is 2.57. The third-order valence-corrected chi connectivity index (χ3v) is 11.4. The van der Waals surface area contributed by atoms with E-state index in [1.54, 1.807) is 11.1 Å². The number of piperidine rings is 1. The fraction of sp³-hybridized carbons (Fsp3) is 0.688. The lowest BCUT2D eigenvalue weighted by molar-refractivity contribution is -0.162. The first-order valence-corrected chi connectivity index (χ1v) is 14.7. The molecule has 0 aromatic carbocycles. The van der Waals surface area contributed by atoms with Crippen LogP contribution in [-0.4, -0.2) is 41.5 Å². The van der Waals surface area contributed by atoms with Crippen molar-refractivity contribution in [2.24, 2.45) is 34.5 Å². The molecule has 6 atom stereocenters. The summed E-state index contributed by atoms with van der Waals surface area (Å²) in [5.41, 5.74) is 7.98. The van der Waals surface area contributed by atoms with Crippen LogP contribution in [0, 0.1) is 34.5 Å². The van der Waals surface area contributed by atoms with Crippen LogP contribution in [-0.2, 0) is 9.63 Å². The second-order valence-electron chi connectivity index (χ2n) is 13.6. The average Bonchev–Trinajstić information content (AvgIpc) is 3.26. The number of hydrogen-bond donors (Lipinski definition) is 1. The van der Waals surface area contributed by atoms with Crippen molar-refractivity contribution in [1.82, 2.24) is 15.4 Å². The maximum atomic E-state index is 12.8. The fourth-order valence-corrected chi connectivity index (χ4v) is 9.00. The van der Waals surface area contributed by atoms with Crippen molar-refractivity contribution in [1.29, 1.82) is 0 Å². The topological polar surface area (TPSA) is 54.5 Å². The Morgan fingerprint density at radius 3 is 2.62 bits per heavy atom. The van der Waals surface area contributed by atoms with Crippen molar-refractivity contribution < 1.29 is 9.63 Å². The van der Waals surface area contributed by atoms with Crippen molar-refractivity contribution >= 4 is 11.5 Å². The summed E-state index contributed by atoms with van der Waals surface area (Å²) in [5, 5.41) is 0. The zero-order chi connectivity index (χ0) is 25.8. The summed E-state index contributed by atoms with van der Waals surface area (Å²) in [5.74, 6) is 2.22. The molecule has 1 aromatic heterocycles. The van der Waals surface area contributed by atoms with E-state index < -0.39 is 0 Å². The molecule has 1 aliphatic heterocycles. The van der Waals surface area contributed by atoms with Crippen LogP contribution in [0.2, 0.25) is 0 Å². The lowest BCUT2D eigenvalue weighted by Crippen LogP contribution is -2.53. The first-order valence-electron chi connectivity index (χ1n) is 14.7. The van der Waals surface area contributed by atoms with Crippen molar-refractivity contribution in [3.05, 3.63) is 47.8 Å². The normalized spacial score (nSPS) is 40.2. The minimum atomic E-state index is -0.269. The Labute approximate surface area is 223 Å². The van der Waals surface area contributed by atoms with Crippen LogP contribution in [0.3, 0.4) is 0 Å². The van der Waals surface area contributed by atoms with Crippen LogP contribution in [0.15, 0.2) is 42.3 Å². The summed E-state index contributed by atoms with van der Waals surface area (Å²) in [4.78, 5) is 25.2. The predicted octanol–water partition coefficient (Wildman–Crippen LogP) is 6.19. The fourth-order valence-electron chi connectivity index (χ4n) is 9.00. The number of pyridine rings is 1. The molecule has 1 unspecified atom stereocenters. The van der Waals surface area contributed by atoms with E-state index in [0.717, 1.165) is 50.1 Å². The molecule has 0 radical (unpaired) electrons. The third kappa shape index (κ3) is 4.30. The van der Waals surface area contributed by atoms with Crippen LogP contribution in [0.5, 0.6) is 0 Å². The van der Waals surface area contributed by atoms with Gasteiger partial charge in [0.15, 0.2) is 0 Å². The molecule has 6 rings (SSSR count). The molecular formula is C32H45N3O2. The second-order valence-corrected chi connectivity index (χ2v) is 13.6. The number of nitrogens with zero attached hydrogens (tertiary/aromatic N) is 2.